The molecule has 1 aliphatic rings. The second kappa shape index (κ2) is 7.55. The zero-order chi connectivity index (χ0) is 22.2. The number of nitrogens with zero attached hydrogens (tertiary/aromatic N) is 5. The fraction of sp³-hybridized carbons (Fsp3) is 0.190. The Kier molecular flexibility index (Phi) is 4.88. The molecule has 0 radical (unpaired) electrons. The number of likely N-dealkylation sites (N-methyl/N-ethyl adjacent to an activating group) is 1. The molecule has 3 heterocycles. The predicted octanol–water partition coefficient (Wildman–Crippen LogP) is -0.0449. The Morgan fingerprint density at radius 1 is 1.29 bits per heavy atom. The number of anilines is 1. The minimum atomic E-state index is -1.70. The Balaban J connectivity index is 1.76. The van der Waals surface area contributed by atoms with E-state index in [-0.39, 0.29) is 29.4 Å². The highest BCUT2D eigenvalue weighted by Crippen LogP contribution is 2.24. The summed E-state index contributed by atoms with van der Waals surface area (Å²) in [6.45, 7) is 0.440. The van der Waals surface area contributed by atoms with Crippen LogP contribution in [0.15, 0.2) is 42.7 Å². The molecule has 1 saturated heterocycles. The summed E-state index contributed by atoms with van der Waals surface area (Å²) in [4.78, 5) is 34.1. The highest BCUT2D eigenvalue weighted by atomic mass is 16.3. The van der Waals surface area contributed by atoms with Crippen LogP contribution in [0.4, 0.5) is 5.69 Å². The number of amides is 2. The number of aliphatic hydroxyl groups is 1. The molecule has 0 aliphatic carbocycles. The number of carbonyl (C=O) groups is 2. The fourth-order valence-electron chi connectivity index (χ4n) is 3.22. The van der Waals surface area contributed by atoms with E-state index in [2.05, 4.69) is 26.9 Å². The molecular formula is C21H19N7O3. The monoisotopic (exact) mass is 417 g/mol. The number of aromatic nitrogens is 4. The number of nitrogens with two attached hydrogens (primary N) is 2. The van der Waals surface area contributed by atoms with Crippen LogP contribution in [-0.2, 0) is 4.79 Å². The van der Waals surface area contributed by atoms with Gasteiger partial charge in [0.15, 0.2) is 17.3 Å². The zero-order valence-corrected chi connectivity index (χ0v) is 16.6. The third-order valence-corrected chi connectivity index (χ3v) is 4.92. The van der Waals surface area contributed by atoms with Crippen LogP contribution in [0.1, 0.15) is 22.5 Å². The average Bonchev–Trinajstić information content (AvgIpc) is 3.38. The van der Waals surface area contributed by atoms with Gasteiger partial charge in [-0.05, 0) is 18.2 Å². The van der Waals surface area contributed by atoms with Crippen LogP contribution in [0.2, 0.25) is 0 Å². The molecular weight excluding hydrogens is 398 g/mol. The van der Waals surface area contributed by atoms with E-state index in [4.69, 9.17) is 11.5 Å². The van der Waals surface area contributed by atoms with E-state index in [0.29, 0.717) is 17.7 Å². The maximum atomic E-state index is 12.1. The first-order valence-electron chi connectivity index (χ1n) is 9.37. The molecule has 10 nitrogen and oxygen atoms in total. The fourth-order valence-corrected chi connectivity index (χ4v) is 3.22. The highest BCUT2D eigenvalue weighted by Gasteiger charge is 2.42. The van der Waals surface area contributed by atoms with Crippen LogP contribution in [0, 0.1) is 11.8 Å². The van der Waals surface area contributed by atoms with Crippen LogP contribution in [0.3, 0.4) is 0 Å². The van der Waals surface area contributed by atoms with E-state index in [1.165, 1.54) is 9.58 Å². The molecule has 2 amide bonds. The molecule has 1 unspecified atom stereocenters. The van der Waals surface area contributed by atoms with Gasteiger partial charge in [-0.3, -0.25) is 9.59 Å². The third kappa shape index (κ3) is 3.70. The number of carbonyl (C=O) groups excluding carboxylic acids is 2. The summed E-state index contributed by atoms with van der Waals surface area (Å²) in [7, 11) is 1.62. The lowest BCUT2D eigenvalue weighted by atomic mass is 10.0. The number of likely N-dealkylation sites (tertiary alicyclic amines) is 1. The van der Waals surface area contributed by atoms with E-state index >= 15 is 0 Å². The smallest absolute Gasteiger partial charge is 0.269 e. The van der Waals surface area contributed by atoms with Gasteiger partial charge in [0, 0.05) is 43.5 Å². The quantitative estimate of drug-likeness (QED) is 0.505. The molecule has 0 spiro atoms. The van der Waals surface area contributed by atoms with Gasteiger partial charge in [0.05, 0.1) is 0 Å². The highest BCUT2D eigenvalue weighted by molar-refractivity contribution is 5.97. The molecule has 1 aromatic carbocycles. The van der Waals surface area contributed by atoms with Gasteiger partial charge in [0.1, 0.15) is 5.69 Å². The molecule has 10 heteroatoms. The Bertz CT molecular complexity index is 1240. The van der Waals surface area contributed by atoms with Gasteiger partial charge in [0.25, 0.3) is 11.8 Å². The van der Waals surface area contributed by atoms with Gasteiger partial charge >= 0.3 is 0 Å². The first-order valence-corrected chi connectivity index (χ1v) is 9.37. The molecule has 1 fully saturated rings. The van der Waals surface area contributed by atoms with E-state index in [1.54, 1.807) is 49.8 Å². The standard InChI is InChI=1S/C21H19N7O3/c1-27-11-8-21(31,20(27)30)7-6-13-4-2-5-14(12-13)18-25-16(17(23)29)15(22)19(26-18)28-10-3-9-24-28/h2-5,9-10,12,31H,8,11,22H2,1H3,(H2,23,29). The summed E-state index contributed by atoms with van der Waals surface area (Å²) in [5.41, 5.74) is 10.8. The largest absolute Gasteiger partial charge is 0.394 e. The Morgan fingerprint density at radius 2 is 2.10 bits per heavy atom. The lowest BCUT2D eigenvalue weighted by Gasteiger charge is -2.13. The Morgan fingerprint density at radius 3 is 2.74 bits per heavy atom. The lowest BCUT2D eigenvalue weighted by Crippen LogP contribution is -2.37. The summed E-state index contributed by atoms with van der Waals surface area (Å²) in [5.74, 6) is 4.71. The Hall–Kier alpha value is -4.23. The average molecular weight is 417 g/mol. The lowest BCUT2D eigenvalue weighted by molar-refractivity contribution is -0.137. The van der Waals surface area contributed by atoms with E-state index in [0.717, 1.165) is 0 Å². The molecule has 31 heavy (non-hydrogen) atoms. The summed E-state index contributed by atoms with van der Waals surface area (Å²) in [5, 5.41) is 14.6. The third-order valence-electron chi connectivity index (χ3n) is 4.92. The second-order valence-electron chi connectivity index (χ2n) is 7.12. The minimum absolute atomic E-state index is 0.0157. The molecule has 4 rings (SSSR count). The normalized spacial score (nSPS) is 18.0. The maximum Gasteiger partial charge on any atom is 0.269 e. The summed E-state index contributed by atoms with van der Waals surface area (Å²) >= 11 is 0. The summed E-state index contributed by atoms with van der Waals surface area (Å²) in [6.07, 6.45) is 3.42. The van der Waals surface area contributed by atoms with Gasteiger partial charge in [-0.2, -0.15) is 5.10 Å². The Labute approximate surface area is 177 Å². The van der Waals surface area contributed by atoms with Crippen molar-refractivity contribution in [2.24, 2.45) is 5.73 Å². The number of benzene rings is 1. The van der Waals surface area contributed by atoms with Crippen LogP contribution in [-0.4, -0.2) is 60.8 Å². The van der Waals surface area contributed by atoms with Gasteiger partial charge in [-0.15, -0.1) is 0 Å². The molecule has 0 saturated carbocycles. The number of hydrogen-bond donors (Lipinski definition) is 3. The van der Waals surface area contributed by atoms with Crippen LogP contribution in [0.5, 0.6) is 0 Å². The van der Waals surface area contributed by atoms with E-state index < -0.39 is 17.4 Å². The number of rotatable bonds is 3. The van der Waals surface area contributed by atoms with Crippen molar-refractivity contribution in [1.29, 1.82) is 0 Å². The maximum absolute atomic E-state index is 12.1. The minimum Gasteiger partial charge on any atom is -0.394 e. The molecule has 1 atom stereocenters. The molecule has 2 aromatic heterocycles. The van der Waals surface area contributed by atoms with E-state index in [9.17, 15) is 14.7 Å². The van der Waals surface area contributed by atoms with Crippen molar-refractivity contribution in [3.63, 3.8) is 0 Å². The van der Waals surface area contributed by atoms with Crippen LogP contribution in [0.25, 0.3) is 17.2 Å². The molecule has 1 aliphatic heterocycles. The number of hydrogen-bond acceptors (Lipinski definition) is 7. The number of nitrogen functional groups attached to an aromatic ring is 1. The van der Waals surface area contributed by atoms with Gasteiger partial charge in [-0.1, -0.05) is 24.0 Å². The molecule has 3 aromatic rings. The first-order chi connectivity index (χ1) is 14.8. The second-order valence-corrected chi connectivity index (χ2v) is 7.12. The van der Waals surface area contributed by atoms with Crippen LogP contribution < -0.4 is 11.5 Å². The first kappa shape index (κ1) is 20.1. The van der Waals surface area contributed by atoms with Gasteiger partial charge in [-0.25, -0.2) is 14.6 Å². The van der Waals surface area contributed by atoms with Crippen molar-refractivity contribution in [1.82, 2.24) is 24.6 Å². The zero-order valence-electron chi connectivity index (χ0n) is 16.6. The van der Waals surface area contributed by atoms with Gasteiger partial charge < -0.3 is 21.5 Å². The van der Waals surface area contributed by atoms with Crippen molar-refractivity contribution < 1.29 is 14.7 Å². The molecule has 0 bridgehead atoms. The summed E-state index contributed by atoms with van der Waals surface area (Å²) in [6, 6.07) is 8.56. The van der Waals surface area contributed by atoms with Crippen molar-refractivity contribution in [3.8, 4) is 29.0 Å². The molecule has 5 N–H and O–H groups in total. The van der Waals surface area contributed by atoms with Crippen molar-refractivity contribution >= 4 is 17.5 Å². The summed E-state index contributed by atoms with van der Waals surface area (Å²) < 4.78 is 1.41. The van der Waals surface area contributed by atoms with Crippen molar-refractivity contribution in [3.05, 3.63) is 54.0 Å². The van der Waals surface area contributed by atoms with Crippen molar-refractivity contribution in [2.75, 3.05) is 19.3 Å². The van der Waals surface area contributed by atoms with Crippen LogP contribution >= 0.6 is 0 Å². The molecule has 156 valence electrons. The topological polar surface area (TPSA) is 153 Å². The number of primary amides is 1. The predicted molar refractivity (Wildman–Crippen MR) is 112 cm³/mol. The van der Waals surface area contributed by atoms with E-state index in [1.807, 2.05) is 0 Å². The van der Waals surface area contributed by atoms with Gasteiger partial charge in [0.2, 0.25) is 5.60 Å². The van der Waals surface area contributed by atoms with Crippen molar-refractivity contribution in [2.45, 2.75) is 12.0 Å². The SMILES string of the molecule is CN1CCC(O)(C#Cc2cccc(-c3nc(C(N)=O)c(N)c(-n4cccn4)n3)c2)C1=O.